The van der Waals surface area contributed by atoms with E-state index in [4.69, 9.17) is 33.7 Å². The average Bonchev–Trinajstić information content (AvgIpc) is 3.07. The van der Waals surface area contributed by atoms with Gasteiger partial charge in [0, 0.05) is 10.4 Å². The normalized spacial score (nSPS) is 10.6. The van der Waals surface area contributed by atoms with Gasteiger partial charge in [-0.2, -0.15) is 0 Å². The van der Waals surface area contributed by atoms with Crippen molar-refractivity contribution in [2.24, 2.45) is 5.73 Å². The lowest BCUT2D eigenvalue weighted by atomic mass is 10.1. The Kier molecular flexibility index (Phi) is 5.39. The van der Waals surface area contributed by atoms with Crippen LogP contribution in [0.2, 0.25) is 10.0 Å². The quantitative estimate of drug-likeness (QED) is 0.479. The Hall–Kier alpha value is -3.30. The highest BCUT2D eigenvalue weighted by atomic mass is 35.5. The second-order valence-corrected chi connectivity index (χ2v) is 6.44. The molecule has 2 amide bonds. The average molecular weight is 423 g/mol. The first kappa shape index (κ1) is 19.5. The molecule has 5 N–H and O–H groups in total. The van der Waals surface area contributed by atoms with E-state index in [0.29, 0.717) is 15.8 Å². The van der Waals surface area contributed by atoms with Gasteiger partial charge in [-0.05, 0) is 29.7 Å². The molecule has 0 atom stereocenters. The molecule has 0 saturated heterocycles. The smallest absolute Gasteiger partial charge is 0.335 e. The number of aromatic nitrogens is 2. The molecule has 0 aliphatic carbocycles. The topological polar surface area (TPSA) is 147 Å². The molecule has 11 heteroatoms. The Morgan fingerprint density at radius 3 is 2.64 bits per heavy atom. The van der Waals surface area contributed by atoms with E-state index in [9.17, 15) is 19.5 Å². The van der Waals surface area contributed by atoms with Crippen LogP contribution in [0.3, 0.4) is 0 Å². The van der Waals surface area contributed by atoms with Crippen LogP contribution in [0.15, 0.2) is 30.6 Å². The van der Waals surface area contributed by atoms with Gasteiger partial charge >= 0.3 is 5.97 Å². The summed E-state index contributed by atoms with van der Waals surface area (Å²) in [6, 6.07) is 5.65. The van der Waals surface area contributed by atoms with E-state index < -0.39 is 24.4 Å². The van der Waals surface area contributed by atoms with Crippen LogP contribution in [0, 0.1) is 0 Å². The summed E-state index contributed by atoms with van der Waals surface area (Å²) < 4.78 is 5.48. The SMILES string of the molecule is NC(=O)c1[nH]cnc1NC(=O)COc1cc(C(=O)O)cc2cc(Cl)cc(Cl)c12. The first-order chi connectivity index (χ1) is 13.3. The molecule has 0 radical (unpaired) electrons. The number of hydrogen-bond acceptors (Lipinski definition) is 5. The zero-order valence-corrected chi connectivity index (χ0v) is 15.5. The van der Waals surface area contributed by atoms with Crippen molar-refractivity contribution in [1.82, 2.24) is 9.97 Å². The lowest BCUT2D eigenvalue weighted by Crippen LogP contribution is -2.23. The molecule has 28 heavy (non-hydrogen) atoms. The van der Waals surface area contributed by atoms with Crippen molar-refractivity contribution in [3.05, 3.63) is 51.9 Å². The van der Waals surface area contributed by atoms with Crippen LogP contribution in [-0.2, 0) is 4.79 Å². The Bertz CT molecular complexity index is 1110. The van der Waals surface area contributed by atoms with Gasteiger partial charge < -0.3 is 25.9 Å². The van der Waals surface area contributed by atoms with Gasteiger partial charge in [0.05, 0.1) is 16.9 Å². The number of primary amides is 1. The highest BCUT2D eigenvalue weighted by Crippen LogP contribution is 2.36. The minimum absolute atomic E-state index is 0.0462. The number of benzene rings is 2. The van der Waals surface area contributed by atoms with Gasteiger partial charge in [0.1, 0.15) is 11.4 Å². The van der Waals surface area contributed by atoms with Crippen molar-refractivity contribution in [3.63, 3.8) is 0 Å². The number of carbonyl (C=O) groups is 3. The molecular weight excluding hydrogens is 411 g/mol. The van der Waals surface area contributed by atoms with Gasteiger partial charge in [-0.15, -0.1) is 0 Å². The number of fused-ring (bicyclic) bond motifs is 1. The van der Waals surface area contributed by atoms with Crippen molar-refractivity contribution in [1.29, 1.82) is 0 Å². The number of H-pyrrole nitrogens is 1. The number of imidazole rings is 1. The number of halogens is 2. The molecule has 1 aromatic heterocycles. The second-order valence-electron chi connectivity index (χ2n) is 5.59. The van der Waals surface area contributed by atoms with Crippen molar-refractivity contribution < 1.29 is 24.2 Å². The van der Waals surface area contributed by atoms with Crippen LogP contribution in [0.4, 0.5) is 5.82 Å². The van der Waals surface area contributed by atoms with E-state index in [1.54, 1.807) is 0 Å². The molecular formula is C17H12Cl2N4O5. The summed E-state index contributed by atoms with van der Waals surface area (Å²) >= 11 is 12.2. The van der Waals surface area contributed by atoms with E-state index in [2.05, 4.69) is 15.3 Å². The number of rotatable bonds is 6. The summed E-state index contributed by atoms with van der Waals surface area (Å²) in [7, 11) is 0. The van der Waals surface area contributed by atoms with Crippen LogP contribution in [-0.4, -0.2) is 39.5 Å². The van der Waals surface area contributed by atoms with Gasteiger partial charge in [-0.25, -0.2) is 9.78 Å². The molecule has 2 aromatic carbocycles. The fourth-order valence-corrected chi connectivity index (χ4v) is 3.12. The summed E-state index contributed by atoms with van der Waals surface area (Å²) in [5.41, 5.74) is 5.03. The molecule has 9 nitrogen and oxygen atoms in total. The number of aromatic amines is 1. The lowest BCUT2D eigenvalue weighted by molar-refractivity contribution is -0.118. The maximum absolute atomic E-state index is 12.1. The number of aromatic carboxylic acids is 1. The molecule has 0 fully saturated rings. The monoisotopic (exact) mass is 422 g/mol. The number of amides is 2. The van der Waals surface area contributed by atoms with Crippen molar-refractivity contribution >= 4 is 57.6 Å². The van der Waals surface area contributed by atoms with Crippen LogP contribution in [0.25, 0.3) is 10.8 Å². The number of nitrogens with one attached hydrogen (secondary N) is 2. The van der Waals surface area contributed by atoms with E-state index in [1.165, 1.54) is 30.6 Å². The largest absolute Gasteiger partial charge is 0.483 e. The third-order valence-electron chi connectivity index (χ3n) is 3.68. The number of carboxylic acids is 1. The molecule has 0 aliphatic heterocycles. The summed E-state index contributed by atoms with van der Waals surface area (Å²) in [4.78, 5) is 41.0. The van der Waals surface area contributed by atoms with E-state index in [0.717, 1.165) is 0 Å². The molecule has 3 rings (SSSR count). The van der Waals surface area contributed by atoms with Crippen molar-refractivity contribution in [2.45, 2.75) is 0 Å². The first-order valence-electron chi connectivity index (χ1n) is 7.68. The summed E-state index contributed by atoms with van der Waals surface area (Å²) in [6.45, 7) is -0.498. The number of carbonyl (C=O) groups excluding carboxylic acids is 2. The maximum Gasteiger partial charge on any atom is 0.335 e. The van der Waals surface area contributed by atoms with Crippen LogP contribution in [0.5, 0.6) is 5.75 Å². The predicted molar refractivity (Wildman–Crippen MR) is 102 cm³/mol. The predicted octanol–water partition coefficient (Wildman–Crippen LogP) is 2.68. The highest BCUT2D eigenvalue weighted by molar-refractivity contribution is 6.39. The van der Waals surface area contributed by atoms with Crippen molar-refractivity contribution in [3.8, 4) is 5.75 Å². The second kappa shape index (κ2) is 7.75. The fraction of sp³-hybridized carbons (Fsp3) is 0.0588. The molecule has 1 heterocycles. The molecule has 0 spiro atoms. The third kappa shape index (κ3) is 4.00. The number of nitrogens with zero attached hydrogens (tertiary/aromatic N) is 1. The zero-order valence-electron chi connectivity index (χ0n) is 14.0. The summed E-state index contributed by atoms with van der Waals surface area (Å²) in [6.07, 6.45) is 1.20. The molecule has 0 aliphatic rings. The number of hydrogen-bond donors (Lipinski definition) is 4. The van der Waals surface area contributed by atoms with Crippen LogP contribution >= 0.6 is 23.2 Å². The highest BCUT2D eigenvalue weighted by Gasteiger charge is 2.17. The van der Waals surface area contributed by atoms with E-state index >= 15 is 0 Å². The molecule has 144 valence electrons. The summed E-state index contributed by atoms with van der Waals surface area (Å²) in [5.74, 6) is -2.58. The third-order valence-corrected chi connectivity index (χ3v) is 4.20. The molecule has 0 bridgehead atoms. The molecule has 0 unspecified atom stereocenters. The van der Waals surface area contributed by atoms with Crippen LogP contribution < -0.4 is 15.8 Å². The molecule has 0 saturated carbocycles. The lowest BCUT2D eigenvalue weighted by Gasteiger charge is -2.12. The van der Waals surface area contributed by atoms with Gasteiger partial charge in [-0.1, -0.05) is 23.2 Å². The molecule has 3 aromatic rings. The Balaban J connectivity index is 1.87. The fourth-order valence-electron chi connectivity index (χ4n) is 2.52. The Labute approximate surface area is 167 Å². The number of nitrogens with two attached hydrogens (primary N) is 1. The minimum Gasteiger partial charge on any atom is -0.483 e. The van der Waals surface area contributed by atoms with Crippen LogP contribution in [0.1, 0.15) is 20.8 Å². The van der Waals surface area contributed by atoms with Gasteiger partial charge in [0.15, 0.2) is 12.4 Å². The van der Waals surface area contributed by atoms with Gasteiger partial charge in [0.2, 0.25) is 0 Å². The standard InChI is InChI=1S/C17H12Cl2N4O5/c18-9-2-7-1-8(17(26)27)3-11(13(7)10(19)4-9)28-5-12(24)23-16-14(15(20)25)21-6-22-16/h1-4,6H,5H2,(H2,20,25)(H,21,22)(H,23,24)(H,26,27). The first-order valence-corrected chi connectivity index (χ1v) is 8.43. The maximum atomic E-state index is 12.1. The van der Waals surface area contributed by atoms with Gasteiger partial charge in [-0.3, -0.25) is 9.59 Å². The number of ether oxygens (including phenoxy) is 1. The van der Waals surface area contributed by atoms with Crippen molar-refractivity contribution in [2.75, 3.05) is 11.9 Å². The Morgan fingerprint density at radius 1 is 1.21 bits per heavy atom. The number of carboxylic acid groups (broad SMARTS) is 1. The van der Waals surface area contributed by atoms with E-state index in [-0.39, 0.29) is 27.8 Å². The van der Waals surface area contributed by atoms with E-state index in [1.807, 2.05) is 0 Å². The number of anilines is 1. The van der Waals surface area contributed by atoms with Gasteiger partial charge in [0.25, 0.3) is 11.8 Å². The zero-order chi connectivity index (χ0) is 20.4. The summed E-state index contributed by atoms with van der Waals surface area (Å²) in [5, 5.41) is 13.1. The minimum atomic E-state index is -1.19. The Morgan fingerprint density at radius 2 is 1.96 bits per heavy atom.